The van der Waals surface area contributed by atoms with Gasteiger partial charge in [0, 0.05) is 13.1 Å². The third-order valence-electron chi connectivity index (χ3n) is 2.65. The van der Waals surface area contributed by atoms with Gasteiger partial charge in [0.2, 0.25) is 0 Å². The molecule has 0 bridgehead atoms. The number of rotatable bonds is 6. The fourth-order valence-corrected chi connectivity index (χ4v) is 1.86. The molecule has 1 fully saturated rings. The number of nitrogens with one attached hydrogen (secondary N) is 1. The molecule has 1 rings (SSSR count). The third kappa shape index (κ3) is 4.94. The zero-order valence-corrected chi connectivity index (χ0v) is 9.59. The van der Waals surface area contributed by atoms with Crippen LogP contribution in [0, 0.1) is 0 Å². The average molecular weight is 200 g/mol. The number of unbranched alkanes of at least 4 members (excludes halogenated alkanes) is 1. The van der Waals surface area contributed by atoms with Crippen LogP contribution in [0.25, 0.3) is 0 Å². The van der Waals surface area contributed by atoms with Crippen molar-refractivity contribution in [2.24, 2.45) is 0 Å². The predicted molar refractivity (Wildman–Crippen MR) is 59.6 cm³/mol. The second-order valence-electron chi connectivity index (χ2n) is 4.04. The van der Waals surface area contributed by atoms with Gasteiger partial charge in [0.05, 0.1) is 12.7 Å². The van der Waals surface area contributed by atoms with E-state index in [0.29, 0.717) is 6.10 Å². The molecule has 0 amide bonds. The summed E-state index contributed by atoms with van der Waals surface area (Å²) in [6.45, 7) is 10.9. The lowest BCUT2D eigenvalue weighted by Gasteiger charge is -2.30. The van der Waals surface area contributed by atoms with Crippen molar-refractivity contribution >= 4 is 0 Å². The Labute approximate surface area is 87.8 Å². The second-order valence-corrected chi connectivity index (χ2v) is 4.04. The number of nitrogens with zero attached hydrogens (tertiary/aromatic N) is 1. The lowest BCUT2D eigenvalue weighted by atomic mass is 10.2. The van der Waals surface area contributed by atoms with Gasteiger partial charge < -0.3 is 10.1 Å². The van der Waals surface area contributed by atoms with E-state index in [0.717, 1.165) is 32.8 Å². The van der Waals surface area contributed by atoms with E-state index in [1.54, 1.807) is 0 Å². The van der Waals surface area contributed by atoms with Crippen LogP contribution >= 0.6 is 0 Å². The Morgan fingerprint density at radius 3 is 3.00 bits per heavy atom. The Hall–Kier alpha value is -0.120. The van der Waals surface area contributed by atoms with Gasteiger partial charge in [-0.25, -0.2) is 0 Å². The van der Waals surface area contributed by atoms with Gasteiger partial charge in [0.25, 0.3) is 0 Å². The lowest BCUT2D eigenvalue weighted by Crippen LogP contribution is -2.41. The minimum atomic E-state index is 0.428. The summed E-state index contributed by atoms with van der Waals surface area (Å²) in [7, 11) is 0. The molecule has 1 unspecified atom stereocenters. The van der Waals surface area contributed by atoms with Crippen molar-refractivity contribution in [2.75, 3.05) is 39.3 Å². The van der Waals surface area contributed by atoms with Gasteiger partial charge in [-0.05, 0) is 39.4 Å². The standard InChI is InChI=1S/C11H24N2O/c1-3-12-6-4-5-7-13-8-9-14-11(2)10-13/h11-12H,3-10H2,1-2H3. The van der Waals surface area contributed by atoms with Crippen molar-refractivity contribution < 1.29 is 4.74 Å². The Morgan fingerprint density at radius 2 is 2.29 bits per heavy atom. The quantitative estimate of drug-likeness (QED) is 0.650. The largest absolute Gasteiger partial charge is 0.376 e. The first-order chi connectivity index (χ1) is 6.83. The molecule has 0 aliphatic carbocycles. The van der Waals surface area contributed by atoms with Gasteiger partial charge in [-0.3, -0.25) is 4.90 Å². The van der Waals surface area contributed by atoms with Crippen LogP contribution in [0.15, 0.2) is 0 Å². The second kappa shape index (κ2) is 7.21. The van der Waals surface area contributed by atoms with Crippen molar-refractivity contribution in [2.45, 2.75) is 32.8 Å². The van der Waals surface area contributed by atoms with E-state index < -0.39 is 0 Å². The molecule has 1 N–H and O–H groups in total. The van der Waals surface area contributed by atoms with E-state index in [1.807, 2.05) is 0 Å². The fourth-order valence-electron chi connectivity index (χ4n) is 1.86. The van der Waals surface area contributed by atoms with E-state index in [2.05, 4.69) is 24.1 Å². The van der Waals surface area contributed by atoms with Gasteiger partial charge >= 0.3 is 0 Å². The van der Waals surface area contributed by atoms with Gasteiger partial charge in [0.15, 0.2) is 0 Å². The lowest BCUT2D eigenvalue weighted by molar-refractivity contribution is -0.0185. The van der Waals surface area contributed by atoms with Crippen LogP contribution in [-0.4, -0.2) is 50.3 Å². The van der Waals surface area contributed by atoms with E-state index in [4.69, 9.17) is 4.74 Å². The topological polar surface area (TPSA) is 24.5 Å². The van der Waals surface area contributed by atoms with Crippen molar-refractivity contribution in [3.05, 3.63) is 0 Å². The molecule has 0 spiro atoms. The maximum Gasteiger partial charge on any atom is 0.0674 e. The SMILES string of the molecule is CCNCCCCN1CCOC(C)C1. The molecule has 0 aromatic carbocycles. The number of hydrogen-bond donors (Lipinski definition) is 1. The monoisotopic (exact) mass is 200 g/mol. The van der Waals surface area contributed by atoms with E-state index in [-0.39, 0.29) is 0 Å². The first-order valence-electron chi connectivity index (χ1n) is 5.87. The van der Waals surface area contributed by atoms with Gasteiger partial charge in [-0.2, -0.15) is 0 Å². The highest BCUT2D eigenvalue weighted by atomic mass is 16.5. The Morgan fingerprint density at radius 1 is 1.43 bits per heavy atom. The molecule has 1 aliphatic heterocycles. The van der Waals surface area contributed by atoms with Crippen molar-refractivity contribution in [1.29, 1.82) is 0 Å². The summed E-state index contributed by atoms with van der Waals surface area (Å²) in [4.78, 5) is 2.51. The number of ether oxygens (including phenoxy) is 1. The molecule has 1 aliphatic rings. The first kappa shape index (κ1) is 12.0. The summed E-state index contributed by atoms with van der Waals surface area (Å²) in [6.07, 6.45) is 3.02. The highest BCUT2D eigenvalue weighted by Gasteiger charge is 2.15. The molecule has 14 heavy (non-hydrogen) atoms. The van der Waals surface area contributed by atoms with Crippen LogP contribution in [0.2, 0.25) is 0 Å². The zero-order chi connectivity index (χ0) is 10.2. The predicted octanol–water partition coefficient (Wildman–Crippen LogP) is 1.10. The molecular weight excluding hydrogens is 176 g/mol. The molecule has 0 saturated carbocycles. The summed E-state index contributed by atoms with van der Waals surface area (Å²) in [5.74, 6) is 0. The Balaban J connectivity index is 1.95. The first-order valence-corrected chi connectivity index (χ1v) is 5.87. The molecule has 3 nitrogen and oxygen atoms in total. The van der Waals surface area contributed by atoms with Crippen LogP contribution in [0.5, 0.6) is 0 Å². The molecule has 0 aromatic heterocycles. The van der Waals surface area contributed by atoms with E-state index in [9.17, 15) is 0 Å². The van der Waals surface area contributed by atoms with Crippen molar-refractivity contribution in [3.63, 3.8) is 0 Å². The van der Waals surface area contributed by atoms with Gasteiger partial charge in [-0.15, -0.1) is 0 Å². The van der Waals surface area contributed by atoms with Crippen LogP contribution in [-0.2, 0) is 4.74 Å². The maximum atomic E-state index is 5.50. The number of morpholine rings is 1. The summed E-state index contributed by atoms with van der Waals surface area (Å²) in [5.41, 5.74) is 0. The van der Waals surface area contributed by atoms with Crippen molar-refractivity contribution in [1.82, 2.24) is 10.2 Å². The fraction of sp³-hybridized carbons (Fsp3) is 1.00. The highest BCUT2D eigenvalue weighted by molar-refractivity contribution is 4.67. The van der Waals surface area contributed by atoms with Gasteiger partial charge in [0.1, 0.15) is 0 Å². The Bertz CT molecular complexity index is 141. The smallest absolute Gasteiger partial charge is 0.0674 e. The molecule has 1 atom stereocenters. The summed E-state index contributed by atoms with van der Waals surface area (Å²) >= 11 is 0. The van der Waals surface area contributed by atoms with E-state index in [1.165, 1.54) is 19.4 Å². The normalized spacial score (nSPS) is 24.0. The van der Waals surface area contributed by atoms with Crippen molar-refractivity contribution in [3.8, 4) is 0 Å². The molecule has 0 aromatic rings. The molecule has 1 heterocycles. The van der Waals surface area contributed by atoms with Crippen LogP contribution in [0.1, 0.15) is 26.7 Å². The summed E-state index contributed by atoms with van der Waals surface area (Å²) in [5, 5.41) is 3.35. The van der Waals surface area contributed by atoms with E-state index >= 15 is 0 Å². The van der Waals surface area contributed by atoms with Gasteiger partial charge in [-0.1, -0.05) is 6.92 Å². The highest BCUT2D eigenvalue weighted by Crippen LogP contribution is 2.05. The minimum Gasteiger partial charge on any atom is -0.376 e. The summed E-state index contributed by atoms with van der Waals surface area (Å²) in [6, 6.07) is 0. The molecular formula is C11H24N2O. The van der Waals surface area contributed by atoms with Crippen LogP contribution in [0.3, 0.4) is 0 Å². The third-order valence-corrected chi connectivity index (χ3v) is 2.65. The molecule has 3 heteroatoms. The summed E-state index contributed by atoms with van der Waals surface area (Å²) < 4.78 is 5.50. The minimum absolute atomic E-state index is 0.428. The maximum absolute atomic E-state index is 5.50. The average Bonchev–Trinajstić information content (AvgIpc) is 2.18. The van der Waals surface area contributed by atoms with Crippen LogP contribution < -0.4 is 5.32 Å². The molecule has 84 valence electrons. The Kier molecular flexibility index (Phi) is 6.15. The molecule has 0 radical (unpaired) electrons. The zero-order valence-electron chi connectivity index (χ0n) is 9.59. The molecule has 1 saturated heterocycles. The van der Waals surface area contributed by atoms with Crippen LogP contribution in [0.4, 0.5) is 0 Å². The number of hydrogen-bond acceptors (Lipinski definition) is 3.